The Morgan fingerprint density at radius 1 is 1.07 bits per heavy atom. The maximum absolute atomic E-state index is 13.0. The van der Waals surface area contributed by atoms with E-state index in [4.69, 9.17) is 4.42 Å². The highest BCUT2D eigenvalue weighted by Gasteiger charge is 2.35. The van der Waals surface area contributed by atoms with Crippen molar-refractivity contribution in [3.63, 3.8) is 0 Å². The van der Waals surface area contributed by atoms with Crippen LogP contribution in [0.5, 0.6) is 0 Å². The van der Waals surface area contributed by atoms with Crippen molar-refractivity contribution in [2.75, 3.05) is 22.2 Å². The number of aromatic nitrogens is 2. The second-order valence-corrected chi connectivity index (χ2v) is 10.2. The number of amides is 1. The molecule has 0 aliphatic carbocycles. The highest BCUT2D eigenvalue weighted by Crippen LogP contribution is 2.26. The summed E-state index contributed by atoms with van der Waals surface area (Å²) in [5, 5.41) is 8.38. The van der Waals surface area contributed by atoms with Crippen molar-refractivity contribution in [3.05, 3.63) is 72.1 Å². The van der Waals surface area contributed by atoms with Crippen molar-refractivity contribution in [2.45, 2.75) is 24.1 Å². The van der Waals surface area contributed by atoms with Crippen molar-refractivity contribution in [1.82, 2.24) is 10.2 Å². The smallest absolute Gasteiger partial charge is 0.277 e. The molecular formula is C21H21N3O4S2. The zero-order valence-corrected chi connectivity index (χ0v) is 17.8. The first kappa shape index (κ1) is 20.6. The Labute approximate surface area is 179 Å². The molecule has 1 fully saturated rings. The summed E-state index contributed by atoms with van der Waals surface area (Å²) in [6.45, 7) is 0. The number of carbonyl (C=O) groups excluding carboxylic acids is 1. The Bertz CT molecular complexity index is 1100. The number of sulfone groups is 1. The molecule has 0 radical (unpaired) electrons. The van der Waals surface area contributed by atoms with Gasteiger partial charge < -0.3 is 9.32 Å². The van der Waals surface area contributed by atoms with Crippen molar-refractivity contribution in [1.29, 1.82) is 0 Å². The first-order valence-electron chi connectivity index (χ1n) is 9.57. The van der Waals surface area contributed by atoms with Crippen LogP contribution in [0.15, 0.2) is 70.3 Å². The Morgan fingerprint density at radius 2 is 1.77 bits per heavy atom. The second-order valence-electron chi connectivity index (χ2n) is 7.07. The number of thioether (sulfide) groups is 1. The van der Waals surface area contributed by atoms with E-state index in [1.165, 1.54) is 0 Å². The van der Waals surface area contributed by atoms with Crippen LogP contribution in [0.4, 0.5) is 5.69 Å². The van der Waals surface area contributed by atoms with E-state index in [1.807, 2.05) is 60.7 Å². The molecule has 1 unspecified atom stereocenters. The van der Waals surface area contributed by atoms with Crippen LogP contribution < -0.4 is 4.90 Å². The number of para-hydroxylation sites is 1. The van der Waals surface area contributed by atoms with Crippen LogP contribution in [0, 0.1) is 0 Å². The fourth-order valence-corrected chi connectivity index (χ4v) is 5.80. The molecule has 9 heteroatoms. The third-order valence-electron chi connectivity index (χ3n) is 4.84. The van der Waals surface area contributed by atoms with E-state index >= 15 is 0 Å². The van der Waals surface area contributed by atoms with E-state index in [0.717, 1.165) is 17.3 Å². The standard InChI is InChI=1S/C21H21N3O4S2/c25-20(14-29-21-23-22-19(28-21)13-16-7-3-1-4-8-16)24(17-9-5-2-6-10-17)18-11-12-30(26,27)15-18/h1-10,18H,11-15H2. The summed E-state index contributed by atoms with van der Waals surface area (Å²) < 4.78 is 29.6. The fraction of sp³-hybridized carbons (Fsp3) is 0.286. The molecule has 3 aromatic rings. The molecule has 2 aromatic carbocycles. The zero-order chi connectivity index (χ0) is 21.0. The third-order valence-corrected chi connectivity index (χ3v) is 7.40. The van der Waals surface area contributed by atoms with Crippen LogP contribution >= 0.6 is 11.8 Å². The molecule has 1 aliphatic heterocycles. The lowest BCUT2D eigenvalue weighted by molar-refractivity contribution is -0.116. The van der Waals surface area contributed by atoms with Crippen LogP contribution in [0.2, 0.25) is 0 Å². The molecule has 1 aromatic heterocycles. The van der Waals surface area contributed by atoms with Crippen molar-refractivity contribution >= 4 is 33.2 Å². The Morgan fingerprint density at radius 3 is 2.43 bits per heavy atom. The minimum absolute atomic E-state index is 0.0138. The van der Waals surface area contributed by atoms with Gasteiger partial charge in [0.2, 0.25) is 11.8 Å². The number of hydrogen-bond donors (Lipinski definition) is 0. The van der Waals surface area contributed by atoms with Gasteiger partial charge in [-0.25, -0.2) is 8.42 Å². The largest absolute Gasteiger partial charge is 0.416 e. The van der Waals surface area contributed by atoms with Gasteiger partial charge in [0, 0.05) is 5.69 Å². The monoisotopic (exact) mass is 443 g/mol. The molecular weight excluding hydrogens is 422 g/mol. The van der Waals surface area contributed by atoms with Gasteiger partial charge in [-0.3, -0.25) is 4.79 Å². The molecule has 1 saturated heterocycles. The Balaban J connectivity index is 1.43. The van der Waals surface area contributed by atoms with Gasteiger partial charge in [-0.15, -0.1) is 10.2 Å². The Kier molecular flexibility index (Phi) is 6.19. The van der Waals surface area contributed by atoms with E-state index in [0.29, 0.717) is 29.6 Å². The van der Waals surface area contributed by atoms with Gasteiger partial charge in [-0.05, 0) is 24.1 Å². The topological polar surface area (TPSA) is 93.4 Å². The van der Waals surface area contributed by atoms with E-state index in [1.54, 1.807) is 4.90 Å². The molecule has 156 valence electrons. The number of benzene rings is 2. The SMILES string of the molecule is O=C(CSc1nnc(Cc2ccccc2)o1)N(c1ccccc1)C1CCS(=O)(=O)C1. The summed E-state index contributed by atoms with van der Waals surface area (Å²) in [7, 11) is -3.12. The summed E-state index contributed by atoms with van der Waals surface area (Å²) in [5.74, 6) is 0.473. The molecule has 2 heterocycles. The average Bonchev–Trinajstić information content (AvgIpc) is 3.34. The summed E-state index contributed by atoms with van der Waals surface area (Å²) >= 11 is 1.16. The molecule has 1 atom stereocenters. The maximum Gasteiger partial charge on any atom is 0.277 e. The molecule has 7 nitrogen and oxygen atoms in total. The number of hydrogen-bond acceptors (Lipinski definition) is 7. The summed E-state index contributed by atoms with van der Waals surface area (Å²) in [6.07, 6.45) is 0.966. The Hall–Kier alpha value is -2.65. The van der Waals surface area contributed by atoms with Crippen LogP contribution in [0.25, 0.3) is 0 Å². The molecule has 0 saturated carbocycles. The number of anilines is 1. The second kappa shape index (κ2) is 9.01. The predicted molar refractivity (Wildman–Crippen MR) is 115 cm³/mol. The van der Waals surface area contributed by atoms with Crippen molar-refractivity contribution < 1.29 is 17.6 Å². The van der Waals surface area contributed by atoms with Gasteiger partial charge in [0.15, 0.2) is 9.84 Å². The van der Waals surface area contributed by atoms with Crippen LogP contribution in [0.3, 0.4) is 0 Å². The predicted octanol–water partition coefficient (Wildman–Crippen LogP) is 2.97. The number of nitrogens with zero attached hydrogens (tertiary/aromatic N) is 3. The minimum atomic E-state index is -3.12. The van der Waals surface area contributed by atoms with Crippen LogP contribution in [-0.4, -0.2) is 47.8 Å². The molecule has 1 amide bonds. The summed E-state index contributed by atoms with van der Waals surface area (Å²) in [4.78, 5) is 14.6. The number of rotatable bonds is 7. The minimum Gasteiger partial charge on any atom is -0.416 e. The van der Waals surface area contributed by atoms with Crippen LogP contribution in [0.1, 0.15) is 17.9 Å². The van der Waals surface area contributed by atoms with Gasteiger partial charge >= 0.3 is 0 Å². The van der Waals surface area contributed by atoms with Gasteiger partial charge in [0.25, 0.3) is 5.22 Å². The number of carbonyl (C=O) groups is 1. The third kappa shape index (κ3) is 5.09. The molecule has 30 heavy (non-hydrogen) atoms. The van der Waals surface area contributed by atoms with Gasteiger partial charge in [0.1, 0.15) is 0 Å². The molecule has 0 bridgehead atoms. The lowest BCUT2D eigenvalue weighted by Gasteiger charge is -2.28. The van der Waals surface area contributed by atoms with Gasteiger partial charge in [-0.1, -0.05) is 60.3 Å². The van der Waals surface area contributed by atoms with E-state index in [2.05, 4.69) is 10.2 Å². The highest BCUT2D eigenvalue weighted by atomic mass is 32.2. The van der Waals surface area contributed by atoms with Crippen LogP contribution in [-0.2, 0) is 21.1 Å². The fourth-order valence-electron chi connectivity index (χ4n) is 3.46. The highest BCUT2D eigenvalue weighted by molar-refractivity contribution is 7.99. The van der Waals surface area contributed by atoms with Crippen molar-refractivity contribution in [3.8, 4) is 0 Å². The van der Waals surface area contributed by atoms with Crippen molar-refractivity contribution in [2.24, 2.45) is 0 Å². The lowest BCUT2D eigenvalue weighted by atomic mass is 10.2. The molecule has 0 N–H and O–H groups in total. The molecule has 4 rings (SSSR count). The van der Waals surface area contributed by atoms with Gasteiger partial charge in [0.05, 0.1) is 29.7 Å². The van der Waals surface area contributed by atoms with E-state index < -0.39 is 9.84 Å². The van der Waals surface area contributed by atoms with E-state index in [9.17, 15) is 13.2 Å². The molecule has 0 spiro atoms. The maximum atomic E-state index is 13.0. The quantitative estimate of drug-likeness (QED) is 0.518. The zero-order valence-electron chi connectivity index (χ0n) is 16.2. The summed E-state index contributed by atoms with van der Waals surface area (Å²) in [5.41, 5.74) is 1.76. The summed E-state index contributed by atoms with van der Waals surface area (Å²) in [6, 6.07) is 18.6. The first-order valence-corrected chi connectivity index (χ1v) is 12.4. The first-order chi connectivity index (χ1) is 14.5. The normalized spacial score (nSPS) is 17.7. The van der Waals surface area contributed by atoms with Gasteiger partial charge in [-0.2, -0.15) is 0 Å². The molecule has 1 aliphatic rings. The average molecular weight is 444 g/mol. The van der Waals surface area contributed by atoms with E-state index in [-0.39, 0.29) is 29.2 Å². The lowest BCUT2D eigenvalue weighted by Crippen LogP contribution is -2.42.